The highest BCUT2D eigenvalue weighted by atomic mass is 19.1. The zero-order chi connectivity index (χ0) is 15.5. The lowest BCUT2D eigenvalue weighted by molar-refractivity contribution is 0.396. The van der Waals surface area contributed by atoms with E-state index in [2.05, 4.69) is 15.3 Å². The van der Waals surface area contributed by atoms with E-state index in [1.807, 2.05) is 30.3 Å². The molecule has 3 N–H and O–H groups in total. The molecule has 0 saturated heterocycles. The van der Waals surface area contributed by atoms with Crippen LogP contribution in [0.15, 0.2) is 55.0 Å². The lowest BCUT2D eigenvalue weighted by Crippen LogP contribution is -2.13. The number of phenols is 1. The fourth-order valence-electron chi connectivity index (χ4n) is 2.23. The Morgan fingerprint density at radius 3 is 2.36 bits per heavy atom. The molecule has 0 bridgehead atoms. The number of aromatic nitrogens is 2. The minimum atomic E-state index is -1.01. The van der Waals surface area contributed by atoms with Crippen LogP contribution in [-0.4, -0.2) is 15.1 Å². The summed E-state index contributed by atoms with van der Waals surface area (Å²) in [5.41, 5.74) is 1.87. The minimum absolute atomic E-state index is 0.219. The molecule has 1 atom stereocenters. The van der Waals surface area contributed by atoms with Gasteiger partial charge in [-0.1, -0.05) is 30.3 Å². The molecular formula is C16H13F2N3O. The van der Waals surface area contributed by atoms with Crippen molar-refractivity contribution in [2.45, 2.75) is 6.04 Å². The Morgan fingerprint density at radius 2 is 1.77 bits per heavy atom. The van der Waals surface area contributed by atoms with E-state index in [9.17, 15) is 13.9 Å². The summed E-state index contributed by atoms with van der Waals surface area (Å²) in [6.45, 7) is 0. The third-order valence-corrected chi connectivity index (χ3v) is 3.29. The predicted octanol–water partition coefficient (Wildman–Crippen LogP) is 3.60. The third kappa shape index (κ3) is 2.76. The molecule has 1 aromatic heterocycles. The average molecular weight is 301 g/mol. The van der Waals surface area contributed by atoms with Gasteiger partial charge in [-0.2, -0.15) is 0 Å². The van der Waals surface area contributed by atoms with Crippen LogP contribution in [0.1, 0.15) is 17.3 Å². The van der Waals surface area contributed by atoms with Gasteiger partial charge >= 0.3 is 0 Å². The zero-order valence-corrected chi connectivity index (χ0v) is 11.4. The lowest BCUT2D eigenvalue weighted by Gasteiger charge is -2.19. The largest absolute Gasteiger partial charge is 0.503 e. The normalized spacial score (nSPS) is 12.1. The molecule has 0 radical (unpaired) electrons. The standard InChI is InChI=1S/C16H13F2N3O/c17-12-6-11(7-13(18)16(12)22)21-15(14-8-19-9-20-14)10-4-2-1-3-5-10/h1-9,15,21-22H,(H,19,20). The second kappa shape index (κ2) is 5.85. The van der Waals surface area contributed by atoms with Crippen molar-refractivity contribution >= 4 is 5.69 Å². The Hall–Kier alpha value is -2.89. The van der Waals surface area contributed by atoms with Crippen LogP contribution < -0.4 is 5.32 Å². The van der Waals surface area contributed by atoms with Gasteiger partial charge in [-0.05, 0) is 5.56 Å². The molecule has 0 saturated carbocycles. The summed E-state index contributed by atoms with van der Waals surface area (Å²) < 4.78 is 27.0. The van der Waals surface area contributed by atoms with Gasteiger partial charge in [0.05, 0.1) is 24.3 Å². The molecule has 2 aromatic carbocycles. The monoisotopic (exact) mass is 301 g/mol. The van der Waals surface area contributed by atoms with Crippen molar-refractivity contribution in [3.05, 3.63) is 77.9 Å². The summed E-state index contributed by atoms with van der Waals surface area (Å²) in [5, 5.41) is 12.2. The molecule has 3 rings (SSSR count). The molecular weight excluding hydrogens is 288 g/mol. The molecule has 3 aromatic rings. The summed E-state index contributed by atoms with van der Waals surface area (Å²) in [4.78, 5) is 6.96. The van der Waals surface area contributed by atoms with Gasteiger partial charge in [0.1, 0.15) is 0 Å². The van der Waals surface area contributed by atoms with Crippen LogP contribution in [0, 0.1) is 11.6 Å². The number of imidazole rings is 1. The average Bonchev–Trinajstić information content (AvgIpc) is 3.05. The molecule has 1 unspecified atom stereocenters. The van der Waals surface area contributed by atoms with Crippen LogP contribution in [0.3, 0.4) is 0 Å². The van der Waals surface area contributed by atoms with Crippen LogP contribution >= 0.6 is 0 Å². The molecule has 112 valence electrons. The highest BCUT2D eigenvalue weighted by molar-refractivity contribution is 5.51. The van der Waals surface area contributed by atoms with Gasteiger partial charge in [0, 0.05) is 17.8 Å². The summed E-state index contributed by atoms with van der Waals surface area (Å²) in [7, 11) is 0. The molecule has 6 heteroatoms. The molecule has 0 fully saturated rings. The van der Waals surface area contributed by atoms with Crippen molar-refractivity contribution in [3.63, 3.8) is 0 Å². The number of H-pyrrole nitrogens is 1. The number of hydrogen-bond acceptors (Lipinski definition) is 3. The van der Waals surface area contributed by atoms with Crippen molar-refractivity contribution in [1.29, 1.82) is 0 Å². The number of nitrogens with one attached hydrogen (secondary N) is 2. The highest BCUT2D eigenvalue weighted by Crippen LogP contribution is 2.29. The van der Waals surface area contributed by atoms with Crippen molar-refractivity contribution < 1.29 is 13.9 Å². The second-order valence-electron chi connectivity index (χ2n) is 4.78. The number of aromatic amines is 1. The molecule has 4 nitrogen and oxygen atoms in total. The molecule has 1 heterocycles. The van der Waals surface area contributed by atoms with E-state index in [4.69, 9.17) is 0 Å². The van der Waals surface area contributed by atoms with Crippen molar-refractivity contribution in [3.8, 4) is 5.75 Å². The number of anilines is 1. The fraction of sp³-hybridized carbons (Fsp3) is 0.0625. The number of nitrogens with zero attached hydrogens (tertiary/aromatic N) is 1. The van der Waals surface area contributed by atoms with Crippen molar-refractivity contribution in [2.75, 3.05) is 5.32 Å². The maximum absolute atomic E-state index is 13.5. The van der Waals surface area contributed by atoms with E-state index in [-0.39, 0.29) is 11.7 Å². The molecule has 22 heavy (non-hydrogen) atoms. The van der Waals surface area contributed by atoms with Crippen LogP contribution in [0.2, 0.25) is 0 Å². The van der Waals surface area contributed by atoms with Crippen LogP contribution in [-0.2, 0) is 0 Å². The van der Waals surface area contributed by atoms with Gasteiger partial charge in [-0.25, -0.2) is 13.8 Å². The number of rotatable bonds is 4. The second-order valence-corrected chi connectivity index (χ2v) is 4.78. The maximum atomic E-state index is 13.5. The van der Waals surface area contributed by atoms with E-state index < -0.39 is 17.4 Å². The zero-order valence-electron chi connectivity index (χ0n) is 11.4. The number of halogens is 2. The fourth-order valence-corrected chi connectivity index (χ4v) is 2.23. The first-order chi connectivity index (χ1) is 10.6. The first-order valence-corrected chi connectivity index (χ1v) is 6.63. The smallest absolute Gasteiger partial charge is 0.187 e. The molecule has 0 aliphatic rings. The Morgan fingerprint density at radius 1 is 1.09 bits per heavy atom. The van der Waals surface area contributed by atoms with E-state index in [1.165, 1.54) is 6.33 Å². The predicted molar refractivity (Wildman–Crippen MR) is 78.5 cm³/mol. The quantitative estimate of drug-likeness (QED) is 0.645. The highest BCUT2D eigenvalue weighted by Gasteiger charge is 2.17. The van der Waals surface area contributed by atoms with E-state index in [0.29, 0.717) is 0 Å². The molecule has 0 aliphatic heterocycles. The number of benzene rings is 2. The van der Waals surface area contributed by atoms with Crippen LogP contribution in [0.4, 0.5) is 14.5 Å². The Balaban J connectivity index is 1.98. The third-order valence-electron chi connectivity index (χ3n) is 3.29. The van der Waals surface area contributed by atoms with E-state index in [0.717, 1.165) is 23.4 Å². The van der Waals surface area contributed by atoms with Gasteiger partial charge in [-0.15, -0.1) is 0 Å². The Labute approximate surface area is 125 Å². The van der Waals surface area contributed by atoms with Crippen LogP contribution in [0.25, 0.3) is 0 Å². The first-order valence-electron chi connectivity index (χ1n) is 6.63. The Bertz CT molecular complexity index is 737. The first kappa shape index (κ1) is 14.1. The van der Waals surface area contributed by atoms with E-state index in [1.54, 1.807) is 6.20 Å². The van der Waals surface area contributed by atoms with E-state index >= 15 is 0 Å². The SMILES string of the molecule is Oc1c(F)cc(NC(c2ccccc2)c2cnc[nH]2)cc1F. The summed E-state index contributed by atoms with van der Waals surface area (Å²) in [5.74, 6) is -3.01. The molecule has 0 aliphatic carbocycles. The summed E-state index contributed by atoms with van der Waals surface area (Å²) in [6.07, 6.45) is 3.17. The summed E-state index contributed by atoms with van der Waals surface area (Å²) >= 11 is 0. The number of phenolic OH excluding ortho intramolecular Hbond substituents is 1. The minimum Gasteiger partial charge on any atom is -0.503 e. The maximum Gasteiger partial charge on any atom is 0.187 e. The van der Waals surface area contributed by atoms with Crippen molar-refractivity contribution in [1.82, 2.24) is 9.97 Å². The molecule has 0 spiro atoms. The lowest BCUT2D eigenvalue weighted by atomic mass is 10.0. The molecule has 0 amide bonds. The van der Waals surface area contributed by atoms with Gasteiger partial charge in [0.25, 0.3) is 0 Å². The number of hydrogen-bond donors (Lipinski definition) is 3. The Kier molecular flexibility index (Phi) is 3.74. The van der Waals surface area contributed by atoms with Crippen molar-refractivity contribution in [2.24, 2.45) is 0 Å². The number of aromatic hydroxyl groups is 1. The van der Waals surface area contributed by atoms with Gasteiger partial charge in [-0.3, -0.25) is 0 Å². The van der Waals surface area contributed by atoms with Gasteiger partial charge in [0.15, 0.2) is 17.4 Å². The summed E-state index contributed by atoms with van der Waals surface area (Å²) in [6, 6.07) is 11.2. The van der Waals surface area contributed by atoms with Crippen LogP contribution in [0.5, 0.6) is 5.75 Å². The topological polar surface area (TPSA) is 60.9 Å². The van der Waals surface area contributed by atoms with Gasteiger partial charge < -0.3 is 15.4 Å². The van der Waals surface area contributed by atoms with Gasteiger partial charge in [0.2, 0.25) is 0 Å².